The van der Waals surface area contributed by atoms with Gasteiger partial charge in [-0.2, -0.15) is 5.26 Å². The Morgan fingerprint density at radius 3 is 2.64 bits per heavy atom. The molecule has 0 amide bonds. The number of aromatic nitrogens is 3. The maximum Gasteiger partial charge on any atom is 0.266 e. The first-order valence-electron chi connectivity index (χ1n) is 12.4. The van der Waals surface area contributed by atoms with Crippen LogP contribution in [0.15, 0.2) is 88.0 Å². The summed E-state index contributed by atoms with van der Waals surface area (Å²) in [5.74, 6) is 1.46. The minimum atomic E-state index is -0.506. The van der Waals surface area contributed by atoms with Crippen LogP contribution in [0.4, 0.5) is 0 Å². The lowest BCUT2D eigenvalue weighted by molar-refractivity contribution is 0.398. The van der Waals surface area contributed by atoms with E-state index in [0.717, 1.165) is 11.1 Å². The van der Waals surface area contributed by atoms with Crippen LogP contribution in [0.2, 0.25) is 0 Å². The summed E-state index contributed by atoms with van der Waals surface area (Å²) >= 11 is 0. The minimum Gasteiger partial charge on any atom is -0.481 e. The Bertz CT molecular complexity index is 1650. The van der Waals surface area contributed by atoms with E-state index in [2.05, 4.69) is 26.7 Å². The maximum absolute atomic E-state index is 14.3. The standard InChI is InChI=1S/C29H30N8O2/c1-5-19(17-30)26(36-29(31)32-3)34-18(2)27-35-23-13-9-12-22(20-14-15-33-24(16-20)39-4)25(23)28(38)37(27)21-10-7-6-8-11-21/h6-16,18,34H,5H2,1-4H3,(H3,31,32,36)/b26-19+/t18-/m0/s1. The second kappa shape index (κ2) is 11.9. The summed E-state index contributed by atoms with van der Waals surface area (Å²) in [6.07, 6.45) is 2.11. The Morgan fingerprint density at radius 2 is 1.97 bits per heavy atom. The fourth-order valence-electron chi connectivity index (χ4n) is 4.27. The number of guanidine groups is 1. The number of benzene rings is 2. The second-order valence-electron chi connectivity index (χ2n) is 8.65. The van der Waals surface area contributed by atoms with Gasteiger partial charge in [-0.25, -0.2) is 9.97 Å². The van der Waals surface area contributed by atoms with Crippen molar-refractivity contribution in [2.24, 2.45) is 10.7 Å². The van der Waals surface area contributed by atoms with E-state index >= 15 is 0 Å². The summed E-state index contributed by atoms with van der Waals surface area (Å²) < 4.78 is 6.90. The first kappa shape index (κ1) is 26.9. The molecule has 0 aliphatic rings. The van der Waals surface area contributed by atoms with Gasteiger partial charge in [0.25, 0.3) is 5.56 Å². The molecule has 10 heteroatoms. The van der Waals surface area contributed by atoms with Crippen LogP contribution in [0.3, 0.4) is 0 Å². The lowest BCUT2D eigenvalue weighted by atomic mass is 10.0. The van der Waals surface area contributed by atoms with Crippen LogP contribution < -0.4 is 26.7 Å². The molecule has 0 bridgehead atoms. The molecule has 0 saturated carbocycles. The highest BCUT2D eigenvalue weighted by atomic mass is 16.5. The second-order valence-corrected chi connectivity index (χ2v) is 8.65. The highest BCUT2D eigenvalue weighted by Gasteiger charge is 2.22. The summed E-state index contributed by atoms with van der Waals surface area (Å²) in [7, 11) is 3.10. The summed E-state index contributed by atoms with van der Waals surface area (Å²) in [5.41, 5.74) is 8.84. The van der Waals surface area contributed by atoms with Crippen LogP contribution in [-0.2, 0) is 0 Å². The molecular formula is C29H30N8O2. The van der Waals surface area contributed by atoms with E-state index in [4.69, 9.17) is 15.5 Å². The third-order valence-corrected chi connectivity index (χ3v) is 6.23. The van der Waals surface area contributed by atoms with Gasteiger partial charge in [0.1, 0.15) is 11.6 Å². The minimum absolute atomic E-state index is 0.148. The third-order valence-electron chi connectivity index (χ3n) is 6.23. The zero-order valence-corrected chi connectivity index (χ0v) is 22.3. The van der Waals surface area contributed by atoms with E-state index in [9.17, 15) is 10.1 Å². The van der Waals surface area contributed by atoms with Gasteiger partial charge in [-0.05, 0) is 48.7 Å². The topological polar surface area (TPSA) is 143 Å². The Hall–Kier alpha value is -5.17. The number of methoxy groups -OCH3 is 1. The van der Waals surface area contributed by atoms with E-state index in [-0.39, 0.29) is 11.5 Å². The zero-order valence-electron chi connectivity index (χ0n) is 22.3. The lowest BCUT2D eigenvalue weighted by Crippen LogP contribution is -2.39. The van der Waals surface area contributed by atoms with E-state index in [0.29, 0.717) is 46.1 Å². The number of rotatable bonds is 8. The SMILES string of the molecule is CC/C(C#N)=C(\NC(N)=NC)N[C@@H](C)c1nc2cccc(-c3ccnc(OC)c3)c2c(=O)n1-c1ccccc1. The number of para-hydroxylation sites is 1. The Morgan fingerprint density at radius 1 is 1.21 bits per heavy atom. The fraction of sp³-hybridized carbons (Fsp3) is 0.207. The van der Waals surface area contributed by atoms with Gasteiger partial charge < -0.3 is 21.1 Å². The number of nitrogens with one attached hydrogen (secondary N) is 2. The van der Waals surface area contributed by atoms with Crippen LogP contribution in [0.1, 0.15) is 32.1 Å². The fourth-order valence-corrected chi connectivity index (χ4v) is 4.27. The first-order valence-corrected chi connectivity index (χ1v) is 12.4. The number of allylic oxidation sites excluding steroid dienone is 1. The number of pyridine rings is 1. The van der Waals surface area contributed by atoms with Crippen molar-refractivity contribution in [3.05, 3.63) is 94.4 Å². The van der Waals surface area contributed by atoms with Gasteiger partial charge in [-0.3, -0.25) is 14.4 Å². The molecule has 10 nitrogen and oxygen atoms in total. The lowest BCUT2D eigenvalue weighted by Gasteiger charge is -2.23. The van der Waals surface area contributed by atoms with Crippen LogP contribution >= 0.6 is 0 Å². The molecule has 2 heterocycles. The van der Waals surface area contributed by atoms with Crippen molar-refractivity contribution in [2.45, 2.75) is 26.3 Å². The summed E-state index contributed by atoms with van der Waals surface area (Å²) in [6.45, 7) is 3.74. The van der Waals surface area contributed by atoms with Crippen molar-refractivity contribution in [3.63, 3.8) is 0 Å². The summed E-state index contributed by atoms with van der Waals surface area (Å²) in [4.78, 5) is 27.4. The summed E-state index contributed by atoms with van der Waals surface area (Å²) in [6, 6.07) is 20.2. The van der Waals surface area contributed by atoms with Crippen molar-refractivity contribution in [1.29, 1.82) is 5.26 Å². The molecule has 0 aliphatic carbocycles. The molecule has 0 aliphatic heterocycles. The van der Waals surface area contributed by atoms with Gasteiger partial charge in [0.15, 0.2) is 5.96 Å². The first-order chi connectivity index (χ1) is 18.9. The molecule has 39 heavy (non-hydrogen) atoms. The molecule has 0 unspecified atom stereocenters. The number of ether oxygens (including phenoxy) is 1. The van der Waals surface area contributed by atoms with Gasteiger partial charge in [-0.1, -0.05) is 37.3 Å². The van der Waals surface area contributed by atoms with Crippen molar-refractivity contribution in [3.8, 4) is 28.8 Å². The predicted octanol–water partition coefficient (Wildman–Crippen LogP) is 3.79. The molecule has 4 N–H and O–H groups in total. The van der Waals surface area contributed by atoms with Crippen LogP contribution in [0.5, 0.6) is 5.88 Å². The summed E-state index contributed by atoms with van der Waals surface area (Å²) in [5, 5.41) is 16.4. The number of aliphatic imine (C=N–C) groups is 1. The predicted molar refractivity (Wildman–Crippen MR) is 152 cm³/mol. The smallest absolute Gasteiger partial charge is 0.266 e. The van der Waals surface area contributed by atoms with Gasteiger partial charge in [0.05, 0.1) is 41.4 Å². The quantitative estimate of drug-likeness (QED) is 0.180. The van der Waals surface area contributed by atoms with Crippen molar-refractivity contribution in [2.75, 3.05) is 14.2 Å². The Kier molecular flexibility index (Phi) is 8.21. The van der Waals surface area contributed by atoms with Gasteiger partial charge >= 0.3 is 0 Å². The molecule has 0 saturated heterocycles. The van der Waals surface area contributed by atoms with E-state index in [1.807, 2.05) is 68.4 Å². The molecule has 4 aromatic rings. The van der Waals surface area contributed by atoms with Gasteiger partial charge in [-0.15, -0.1) is 0 Å². The van der Waals surface area contributed by atoms with Crippen molar-refractivity contribution < 1.29 is 4.74 Å². The molecular weight excluding hydrogens is 492 g/mol. The third kappa shape index (κ3) is 5.57. The molecule has 0 fully saturated rings. The van der Waals surface area contributed by atoms with Crippen LogP contribution in [-0.4, -0.2) is 34.7 Å². The van der Waals surface area contributed by atoms with Crippen LogP contribution in [0, 0.1) is 11.3 Å². The zero-order chi connectivity index (χ0) is 27.9. The number of hydrogen-bond donors (Lipinski definition) is 3. The number of hydrogen-bond acceptors (Lipinski definition) is 7. The number of nitrogens with zero attached hydrogens (tertiary/aromatic N) is 5. The molecule has 4 rings (SSSR count). The van der Waals surface area contributed by atoms with Crippen LogP contribution in [0.25, 0.3) is 27.7 Å². The van der Waals surface area contributed by atoms with Crippen molar-refractivity contribution in [1.82, 2.24) is 25.2 Å². The average Bonchev–Trinajstić information content (AvgIpc) is 2.97. The number of fused-ring (bicyclic) bond motifs is 1. The van der Waals surface area contributed by atoms with E-state index in [1.165, 1.54) is 0 Å². The maximum atomic E-state index is 14.3. The number of nitriles is 1. The van der Waals surface area contributed by atoms with Gasteiger partial charge in [0, 0.05) is 19.3 Å². The number of nitrogens with two attached hydrogens (primary N) is 1. The highest BCUT2D eigenvalue weighted by molar-refractivity contribution is 5.94. The van der Waals surface area contributed by atoms with Crippen molar-refractivity contribution >= 4 is 16.9 Å². The molecule has 0 spiro atoms. The Labute approximate surface area is 226 Å². The Balaban J connectivity index is 1.96. The normalized spacial score (nSPS) is 12.8. The molecule has 2 aromatic heterocycles. The average molecular weight is 523 g/mol. The molecule has 198 valence electrons. The van der Waals surface area contributed by atoms with E-state index in [1.54, 1.807) is 31.0 Å². The van der Waals surface area contributed by atoms with E-state index < -0.39 is 6.04 Å². The highest BCUT2D eigenvalue weighted by Crippen LogP contribution is 2.29. The van der Waals surface area contributed by atoms with Gasteiger partial charge in [0.2, 0.25) is 5.88 Å². The monoisotopic (exact) mass is 522 g/mol. The largest absolute Gasteiger partial charge is 0.481 e. The molecule has 2 aromatic carbocycles. The molecule has 0 radical (unpaired) electrons. The molecule has 1 atom stereocenters.